The Labute approximate surface area is 74.7 Å². The molecule has 0 aliphatic heterocycles. The van der Waals surface area contributed by atoms with Crippen LogP contribution >= 0.6 is 11.8 Å². The van der Waals surface area contributed by atoms with Crippen LogP contribution in [-0.4, -0.2) is 29.7 Å². The van der Waals surface area contributed by atoms with Crippen LogP contribution in [0.3, 0.4) is 0 Å². The van der Waals surface area contributed by atoms with E-state index in [0.29, 0.717) is 18.5 Å². The maximum atomic E-state index is 10.8. The van der Waals surface area contributed by atoms with Crippen molar-refractivity contribution in [3.63, 3.8) is 0 Å². The lowest BCUT2D eigenvalue weighted by Gasteiger charge is -2.07. The summed E-state index contributed by atoms with van der Waals surface area (Å²) in [5.41, 5.74) is 0.618. The number of carbonyl (C=O) groups is 3. The number of ketones is 1. The van der Waals surface area contributed by atoms with Crippen molar-refractivity contribution >= 4 is 29.6 Å². The Kier molecular flexibility index (Phi) is 6.37. The first-order chi connectivity index (χ1) is 5.72. The Morgan fingerprint density at radius 1 is 1.58 bits per heavy atom. The molecule has 0 spiro atoms. The fourth-order valence-electron chi connectivity index (χ4n) is 0.657. The van der Waals surface area contributed by atoms with E-state index in [1.807, 2.05) is 0 Å². The Bertz CT molecular complexity index is 169. The third-order valence-corrected chi connectivity index (χ3v) is 2.25. The highest BCUT2D eigenvalue weighted by Crippen LogP contribution is 2.12. The zero-order chi connectivity index (χ0) is 9.40. The summed E-state index contributed by atoms with van der Waals surface area (Å²) in [6.45, 7) is 1.90. The minimum atomic E-state index is -0.387. The monoisotopic (exact) mass is 190 g/mol. The molecule has 5 heteroatoms. The molecule has 4 nitrogen and oxygen atoms in total. The number of carbonyl (C=O) groups excluding carboxylic acids is 3. The molecule has 1 atom stereocenters. The Morgan fingerprint density at radius 3 is 2.67 bits per heavy atom. The molecule has 0 rings (SSSR count). The lowest BCUT2D eigenvalue weighted by atomic mass is 10.2. The predicted octanol–water partition coefficient (Wildman–Crippen LogP) is 0.430. The molecule has 0 bridgehead atoms. The first-order valence-corrected chi connectivity index (χ1v) is 4.31. The van der Waals surface area contributed by atoms with Gasteiger partial charge in [0.1, 0.15) is 5.78 Å². The lowest BCUT2D eigenvalue weighted by Crippen LogP contribution is -2.16. The molecule has 12 heavy (non-hydrogen) atoms. The van der Waals surface area contributed by atoms with Crippen molar-refractivity contribution in [2.75, 3.05) is 6.61 Å². The molecular weight excluding hydrogens is 180 g/mol. The summed E-state index contributed by atoms with van der Waals surface area (Å²) in [6.07, 6.45) is 0.386. The Hall–Kier alpha value is -0.840. The second kappa shape index (κ2) is 6.84. The maximum absolute atomic E-state index is 10.8. The van der Waals surface area contributed by atoms with E-state index in [4.69, 9.17) is 0 Å². The molecule has 0 aromatic heterocycles. The first-order valence-electron chi connectivity index (χ1n) is 3.37. The molecule has 0 saturated carbocycles. The summed E-state index contributed by atoms with van der Waals surface area (Å²) in [7, 11) is 0. The van der Waals surface area contributed by atoms with E-state index in [0.717, 1.165) is 11.8 Å². The predicted molar refractivity (Wildman–Crippen MR) is 45.4 cm³/mol. The maximum Gasteiger partial charge on any atom is 0.293 e. The zero-order valence-corrected chi connectivity index (χ0v) is 7.50. The van der Waals surface area contributed by atoms with Crippen molar-refractivity contribution in [3.05, 3.63) is 0 Å². The van der Waals surface area contributed by atoms with Crippen LogP contribution in [0.15, 0.2) is 0 Å². The van der Waals surface area contributed by atoms with Crippen molar-refractivity contribution in [1.82, 2.24) is 0 Å². The highest BCUT2D eigenvalue weighted by atomic mass is 32.2. The van der Waals surface area contributed by atoms with Crippen LogP contribution in [-0.2, 0) is 19.1 Å². The average Bonchev–Trinajstić information content (AvgIpc) is 2.03. The standard InChI is InChI=1S/C7H10O4S/c1-6(10)7(12-5-9)2-3-11-4-8/h4-5,7H,2-3H2,1H3/t7-/m0/s1. The fourth-order valence-corrected chi connectivity index (χ4v) is 1.22. The average molecular weight is 190 g/mol. The molecule has 0 radical (unpaired) electrons. The minimum Gasteiger partial charge on any atom is -0.468 e. The Morgan fingerprint density at radius 2 is 2.25 bits per heavy atom. The highest BCUT2D eigenvalue weighted by molar-refractivity contribution is 8.13. The smallest absolute Gasteiger partial charge is 0.293 e. The molecule has 0 fully saturated rings. The SMILES string of the molecule is CC(=O)[C@H](CCOC=O)SC=O. The Balaban J connectivity index is 3.70. The molecule has 0 saturated heterocycles. The van der Waals surface area contributed by atoms with E-state index in [1.54, 1.807) is 0 Å². The van der Waals surface area contributed by atoms with Gasteiger partial charge < -0.3 is 4.74 Å². The van der Waals surface area contributed by atoms with Gasteiger partial charge >= 0.3 is 0 Å². The van der Waals surface area contributed by atoms with E-state index in [2.05, 4.69) is 4.74 Å². The third kappa shape index (κ3) is 4.90. The summed E-state index contributed by atoms with van der Waals surface area (Å²) in [6, 6.07) is 0. The summed E-state index contributed by atoms with van der Waals surface area (Å²) < 4.78 is 4.40. The van der Waals surface area contributed by atoms with Crippen molar-refractivity contribution < 1.29 is 19.1 Å². The van der Waals surface area contributed by atoms with Crippen LogP contribution in [0.1, 0.15) is 13.3 Å². The third-order valence-electron chi connectivity index (χ3n) is 1.24. The van der Waals surface area contributed by atoms with Gasteiger partial charge in [-0.1, -0.05) is 11.8 Å². The van der Waals surface area contributed by atoms with Gasteiger partial charge in [-0.2, -0.15) is 0 Å². The van der Waals surface area contributed by atoms with Crippen LogP contribution in [0, 0.1) is 0 Å². The second-order valence-corrected chi connectivity index (χ2v) is 3.12. The van der Waals surface area contributed by atoms with Gasteiger partial charge in [-0.25, -0.2) is 0 Å². The molecule has 0 unspecified atom stereocenters. The lowest BCUT2D eigenvalue weighted by molar-refractivity contribution is -0.129. The molecule has 0 N–H and O–H groups in total. The number of ether oxygens (including phenoxy) is 1. The van der Waals surface area contributed by atoms with Gasteiger partial charge in [0.25, 0.3) is 6.47 Å². The van der Waals surface area contributed by atoms with Gasteiger partial charge in [-0.3, -0.25) is 14.4 Å². The second-order valence-electron chi connectivity index (χ2n) is 2.09. The summed E-state index contributed by atoms with van der Waals surface area (Å²) in [5, 5.41) is -0.387. The minimum absolute atomic E-state index is 0.0819. The number of rotatable bonds is 7. The topological polar surface area (TPSA) is 60.4 Å². The van der Waals surface area contributed by atoms with Gasteiger partial charge in [0, 0.05) is 6.42 Å². The van der Waals surface area contributed by atoms with Gasteiger partial charge in [0.2, 0.25) is 0 Å². The van der Waals surface area contributed by atoms with Gasteiger partial charge in [0.15, 0.2) is 5.62 Å². The van der Waals surface area contributed by atoms with Crippen LogP contribution in [0.4, 0.5) is 0 Å². The molecule has 68 valence electrons. The number of thioether (sulfide) groups is 1. The van der Waals surface area contributed by atoms with Crippen LogP contribution in [0.5, 0.6) is 0 Å². The van der Waals surface area contributed by atoms with Gasteiger partial charge in [-0.15, -0.1) is 0 Å². The van der Waals surface area contributed by atoms with Crippen LogP contribution in [0.25, 0.3) is 0 Å². The quantitative estimate of drug-likeness (QED) is 0.430. The summed E-state index contributed by atoms with van der Waals surface area (Å²) >= 11 is 0.909. The normalized spacial score (nSPS) is 11.8. The zero-order valence-electron chi connectivity index (χ0n) is 6.69. The van der Waals surface area contributed by atoms with Crippen molar-refractivity contribution in [1.29, 1.82) is 0 Å². The van der Waals surface area contributed by atoms with E-state index in [1.165, 1.54) is 6.92 Å². The molecular formula is C7H10O4S. The van der Waals surface area contributed by atoms with Crippen molar-refractivity contribution in [2.45, 2.75) is 18.6 Å². The summed E-state index contributed by atoms with van der Waals surface area (Å²) in [4.78, 5) is 30.6. The molecule has 0 aromatic carbocycles. The van der Waals surface area contributed by atoms with E-state index >= 15 is 0 Å². The molecule has 0 heterocycles. The van der Waals surface area contributed by atoms with E-state index in [-0.39, 0.29) is 17.6 Å². The molecule has 0 amide bonds. The van der Waals surface area contributed by atoms with Crippen molar-refractivity contribution in [2.24, 2.45) is 0 Å². The van der Waals surface area contributed by atoms with E-state index in [9.17, 15) is 14.4 Å². The number of Topliss-reactive ketones (excluding diaryl/α,β-unsaturated/α-hetero) is 1. The fraction of sp³-hybridized carbons (Fsp3) is 0.571. The van der Waals surface area contributed by atoms with Crippen LogP contribution in [0.2, 0.25) is 0 Å². The summed E-state index contributed by atoms with van der Waals surface area (Å²) in [5.74, 6) is -0.0819. The van der Waals surface area contributed by atoms with E-state index < -0.39 is 0 Å². The van der Waals surface area contributed by atoms with Crippen LogP contribution < -0.4 is 0 Å². The largest absolute Gasteiger partial charge is 0.468 e. The number of hydrogen-bond acceptors (Lipinski definition) is 5. The molecule has 0 aliphatic carbocycles. The molecule has 0 aliphatic rings. The van der Waals surface area contributed by atoms with Crippen molar-refractivity contribution in [3.8, 4) is 0 Å². The number of hydrogen-bond donors (Lipinski definition) is 0. The first kappa shape index (κ1) is 11.2. The molecule has 0 aromatic rings. The highest BCUT2D eigenvalue weighted by Gasteiger charge is 2.13. The van der Waals surface area contributed by atoms with Gasteiger partial charge in [0.05, 0.1) is 11.9 Å². The van der Waals surface area contributed by atoms with Gasteiger partial charge in [-0.05, 0) is 6.92 Å².